The number of halogens is 2. The van der Waals surface area contributed by atoms with Gasteiger partial charge in [-0.1, -0.05) is 0 Å². The second kappa shape index (κ2) is 4.80. The summed E-state index contributed by atoms with van der Waals surface area (Å²) in [6.07, 6.45) is 0. The van der Waals surface area contributed by atoms with Crippen molar-refractivity contribution in [2.75, 3.05) is 0 Å². The Morgan fingerprint density at radius 1 is 1.54 bits per heavy atom. The van der Waals surface area contributed by atoms with Crippen molar-refractivity contribution >= 4 is 27.0 Å². The molecule has 3 nitrogen and oxygen atoms in total. The summed E-state index contributed by atoms with van der Waals surface area (Å²) in [5, 5.41) is 0. The molecule has 13 heavy (non-hydrogen) atoms. The highest BCUT2D eigenvalue weighted by Crippen LogP contribution is 2.21. The maximum Gasteiger partial charge on any atom is 0.137 e. The number of hydrogen-bond donors (Lipinski definition) is 1. The molecular formula is C7H8BrFNO2S-. The second-order valence-electron chi connectivity index (χ2n) is 2.27. The van der Waals surface area contributed by atoms with Crippen molar-refractivity contribution in [3.8, 4) is 0 Å². The molecule has 74 valence electrons. The van der Waals surface area contributed by atoms with Gasteiger partial charge in [0.2, 0.25) is 0 Å². The van der Waals surface area contributed by atoms with Gasteiger partial charge in [-0.25, -0.2) is 4.39 Å². The molecule has 1 rings (SSSR count). The second-order valence-corrected chi connectivity index (χ2v) is 4.03. The smallest absolute Gasteiger partial charge is 0.137 e. The third-order valence-electron chi connectivity index (χ3n) is 1.40. The Morgan fingerprint density at radius 2 is 2.08 bits per heavy atom. The lowest BCUT2D eigenvalue weighted by Gasteiger charge is -2.09. The zero-order valence-corrected chi connectivity index (χ0v) is 9.24. The van der Waals surface area contributed by atoms with Gasteiger partial charge in [0, 0.05) is 4.90 Å². The summed E-state index contributed by atoms with van der Waals surface area (Å²) in [6.45, 7) is 1.54. The molecule has 0 radical (unpaired) electrons. The van der Waals surface area contributed by atoms with Gasteiger partial charge in [-0.15, -0.1) is 0 Å². The molecule has 1 atom stereocenters. The summed E-state index contributed by atoms with van der Waals surface area (Å²) in [7, 11) is 0. The first kappa shape index (κ1) is 12.7. The molecule has 1 aromatic rings. The molecule has 1 aromatic carbocycles. The summed E-state index contributed by atoms with van der Waals surface area (Å²) in [5.74, 6) is -0.457. The van der Waals surface area contributed by atoms with Crippen LogP contribution in [-0.2, 0) is 11.1 Å². The van der Waals surface area contributed by atoms with Crippen molar-refractivity contribution in [2.45, 2.75) is 11.8 Å². The molecule has 0 aromatic heterocycles. The zero-order chi connectivity index (χ0) is 9.30. The number of rotatable bonds is 1. The maximum atomic E-state index is 12.8. The van der Waals surface area contributed by atoms with Crippen LogP contribution in [0.4, 0.5) is 4.39 Å². The van der Waals surface area contributed by atoms with Crippen LogP contribution in [0, 0.1) is 12.7 Å². The minimum Gasteiger partial charge on any atom is -0.768 e. The van der Waals surface area contributed by atoms with Gasteiger partial charge in [0.15, 0.2) is 0 Å². The highest BCUT2D eigenvalue weighted by molar-refractivity contribution is 9.10. The standard InChI is InChI=1S/C7H6BrFO2S.H3N/c1-4-2-6(9)5(8)3-7(4)12(10)11;/h2-3H,1H3,(H,10,11);1H3/p-1. The molecule has 0 heterocycles. The van der Waals surface area contributed by atoms with Crippen molar-refractivity contribution in [1.82, 2.24) is 6.15 Å². The predicted octanol–water partition coefficient (Wildman–Crippen LogP) is 2.30. The molecule has 0 saturated heterocycles. The van der Waals surface area contributed by atoms with Gasteiger partial charge < -0.3 is 10.7 Å². The van der Waals surface area contributed by atoms with Crippen LogP contribution in [0.5, 0.6) is 0 Å². The molecule has 0 aliphatic carbocycles. The van der Waals surface area contributed by atoms with Gasteiger partial charge in [-0.2, -0.15) is 0 Å². The first-order valence-electron chi connectivity index (χ1n) is 3.07. The minimum atomic E-state index is -2.31. The van der Waals surface area contributed by atoms with E-state index in [-0.39, 0.29) is 15.5 Å². The fourth-order valence-electron chi connectivity index (χ4n) is 0.808. The summed E-state index contributed by atoms with van der Waals surface area (Å²) in [5.41, 5.74) is 0.407. The number of benzene rings is 1. The largest absolute Gasteiger partial charge is 0.768 e. The molecule has 0 bridgehead atoms. The quantitative estimate of drug-likeness (QED) is 0.795. The van der Waals surface area contributed by atoms with Crippen LogP contribution in [-0.4, -0.2) is 8.76 Å². The van der Waals surface area contributed by atoms with E-state index in [9.17, 15) is 13.2 Å². The van der Waals surface area contributed by atoms with E-state index in [0.717, 1.165) is 0 Å². The maximum absolute atomic E-state index is 12.8. The molecule has 0 amide bonds. The molecule has 6 heteroatoms. The zero-order valence-electron chi connectivity index (χ0n) is 6.84. The van der Waals surface area contributed by atoms with Gasteiger partial charge in [-0.3, -0.25) is 4.21 Å². The van der Waals surface area contributed by atoms with Crippen LogP contribution in [0.3, 0.4) is 0 Å². The molecule has 1 unspecified atom stereocenters. The molecule has 3 N–H and O–H groups in total. The Kier molecular flexibility index (Phi) is 4.69. The summed E-state index contributed by atoms with van der Waals surface area (Å²) in [4.78, 5) is 0.114. The van der Waals surface area contributed by atoms with E-state index in [2.05, 4.69) is 15.9 Å². The normalized spacial score (nSPS) is 12.0. The number of aryl methyl sites for hydroxylation is 1. The van der Waals surface area contributed by atoms with Crippen molar-refractivity contribution in [3.05, 3.63) is 28.0 Å². The fraction of sp³-hybridized carbons (Fsp3) is 0.143. The lowest BCUT2D eigenvalue weighted by Crippen LogP contribution is -1.94. The van der Waals surface area contributed by atoms with Crippen molar-refractivity contribution < 1.29 is 13.2 Å². The molecule has 0 aliphatic rings. The highest BCUT2D eigenvalue weighted by Gasteiger charge is 2.04. The molecule has 0 aliphatic heterocycles. The SMILES string of the molecule is Cc1cc(F)c(Br)cc1S(=O)[O-].N. The van der Waals surface area contributed by atoms with E-state index in [1.807, 2.05) is 0 Å². The van der Waals surface area contributed by atoms with E-state index in [0.29, 0.717) is 5.56 Å². The molecule has 0 spiro atoms. The summed E-state index contributed by atoms with van der Waals surface area (Å²) < 4.78 is 34.0. The van der Waals surface area contributed by atoms with Gasteiger partial charge in [0.25, 0.3) is 0 Å². The lowest BCUT2D eigenvalue weighted by atomic mass is 10.2. The minimum absolute atomic E-state index is 0. The van der Waals surface area contributed by atoms with E-state index in [1.54, 1.807) is 6.92 Å². The fourth-order valence-corrected chi connectivity index (χ4v) is 1.84. The van der Waals surface area contributed by atoms with Gasteiger partial charge >= 0.3 is 0 Å². The first-order valence-corrected chi connectivity index (χ1v) is 4.94. The Bertz CT molecular complexity index is 346. The first-order chi connectivity index (χ1) is 5.52. The Labute approximate surface area is 86.3 Å². The Hall–Kier alpha value is -0.300. The lowest BCUT2D eigenvalue weighted by molar-refractivity contribution is 0.536. The topological polar surface area (TPSA) is 75.1 Å². The highest BCUT2D eigenvalue weighted by atomic mass is 79.9. The molecule has 0 fully saturated rings. The Morgan fingerprint density at radius 3 is 2.54 bits per heavy atom. The summed E-state index contributed by atoms with van der Waals surface area (Å²) in [6, 6.07) is 2.42. The van der Waals surface area contributed by atoms with Crippen molar-refractivity contribution in [1.29, 1.82) is 0 Å². The van der Waals surface area contributed by atoms with Gasteiger partial charge in [0.1, 0.15) is 5.82 Å². The average molecular weight is 269 g/mol. The third kappa shape index (κ3) is 2.84. The van der Waals surface area contributed by atoms with Gasteiger partial charge in [0.05, 0.1) is 4.47 Å². The van der Waals surface area contributed by atoms with Crippen LogP contribution in [0.1, 0.15) is 5.56 Å². The summed E-state index contributed by atoms with van der Waals surface area (Å²) >= 11 is 0.594. The van der Waals surface area contributed by atoms with E-state index < -0.39 is 16.9 Å². The van der Waals surface area contributed by atoms with E-state index in [4.69, 9.17) is 0 Å². The van der Waals surface area contributed by atoms with Crippen LogP contribution in [0.25, 0.3) is 0 Å². The average Bonchev–Trinajstić information content (AvgIpc) is 1.96. The molecule has 0 saturated carbocycles. The predicted molar refractivity (Wildman–Crippen MR) is 51.0 cm³/mol. The van der Waals surface area contributed by atoms with Crippen molar-refractivity contribution in [2.24, 2.45) is 0 Å². The van der Waals surface area contributed by atoms with E-state index in [1.165, 1.54) is 12.1 Å². The van der Waals surface area contributed by atoms with Crippen LogP contribution in [0.2, 0.25) is 0 Å². The Balaban J connectivity index is 0.00000144. The van der Waals surface area contributed by atoms with Crippen LogP contribution < -0.4 is 6.15 Å². The van der Waals surface area contributed by atoms with Gasteiger partial charge in [-0.05, 0) is 51.6 Å². The number of hydrogen-bond acceptors (Lipinski definition) is 3. The van der Waals surface area contributed by atoms with Crippen molar-refractivity contribution in [3.63, 3.8) is 0 Å². The van der Waals surface area contributed by atoms with Crippen LogP contribution >= 0.6 is 15.9 Å². The third-order valence-corrected chi connectivity index (χ3v) is 2.80. The van der Waals surface area contributed by atoms with Crippen LogP contribution in [0.15, 0.2) is 21.5 Å². The van der Waals surface area contributed by atoms with E-state index >= 15 is 0 Å². The monoisotopic (exact) mass is 268 g/mol. The molecular weight excluding hydrogens is 261 g/mol.